The first-order chi connectivity index (χ1) is 6.95. The van der Waals surface area contributed by atoms with E-state index in [2.05, 4.69) is 0 Å². The topological polar surface area (TPSA) is 26.3 Å². The summed E-state index contributed by atoms with van der Waals surface area (Å²) in [5, 5.41) is 0.799. The van der Waals surface area contributed by atoms with E-state index < -0.39 is 7.37 Å². The molecule has 0 aliphatic carbocycles. The summed E-state index contributed by atoms with van der Waals surface area (Å²) in [6.45, 7) is 7.67. The minimum Gasteiger partial charge on any atom is -0.322 e. The fraction of sp³-hybridized carbons (Fsp3) is 0.500. The van der Waals surface area contributed by atoms with E-state index in [-0.39, 0.29) is 6.10 Å². The molecule has 0 amide bonds. The number of rotatable bonds is 4. The van der Waals surface area contributed by atoms with Crippen LogP contribution < -0.4 is 5.30 Å². The van der Waals surface area contributed by atoms with Gasteiger partial charge in [-0.2, -0.15) is 0 Å². The van der Waals surface area contributed by atoms with E-state index in [1.54, 1.807) is 6.66 Å². The van der Waals surface area contributed by atoms with Crippen LogP contribution in [-0.2, 0) is 9.09 Å². The fourth-order valence-corrected chi connectivity index (χ4v) is 2.94. The summed E-state index contributed by atoms with van der Waals surface area (Å²) < 4.78 is 17.8. The lowest BCUT2D eigenvalue weighted by Crippen LogP contribution is -2.12. The predicted octanol–water partition coefficient (Wildman–Crippen LogP) is 3.34. The number of aryl methyl sites for hydroxylation is 1. The van der Waals surface area contributed by atoms with Gasteiger partial charge < -0.3 is 4.52 Å². The average molecular weight is 226 g/mol. The highest BCUT2D eigenvalue weighted by atomic mass is 31.2. The predicted molar refractivity (Wildman–Crippen MR) is 65.2 cm³/mol. The molecule has 0 spiro atoms. The second-order valence-electron chi connectivity index (χ2n) is 4.01. The molecule has 0 heterocycles. The monoisotopic (exact) mass is 226 g/mol. The Kier molecular flexibility index (Phi) is 4.12. The van der Waals surface area contributed by atoms with E-state index in [1.165, 1.54) is 5.56 Å². The molecule has 3 heteroatoms. The van der Waals surface area contributed by atoms with Crippen molar-refractivity contribution in [3.63, 3.8) is 0 Å². The van der Waals surface area contributed by atoms with Crippen LogP contribution >= 0.6 is 7.37 Å². The number of hydrogen-bond acceptors (Lipinski definition) is 2. The molecule has 0 aromatic heterocycles. The van der Waals surface area contributed by atoms with Crippen molar-refractivity contribution in [1.82, 2.24) is 0 Å². The van der Waals surface area contributed by atoms with Crippen LogP contribution in [0.5, 0.6) is 0 Å². The Morgan fingerprint density at radius 2 is 1.87 bits per heavy atom. The summed E-state index contributed by atoms with van der Waals surface area (Å²) in [5.74, 6) is 0. The van der Waals surface area contributed by atoms with Gasteiger partial charge in [0.1, 0.15) is 0 Å². The van der Waals surface area contributed by atoms with E-state index in [1.807, 2.05) is 45.0 Å². The minimum atomic E-state index is -2.64. The molecule has 0 fully saturated rings. The van der Waals surface area contributed by atoms with Crippen LogP contribution in [0.25, 0.3) is 0 Å². The highest BCUT2D eigenvalue weighted by molar-refractivity contribution is 7.66. The standard InChI is InChI=1S/C12H19O2P/c1-5-11(3)14-15(4,13)12-8-6-10(2)7-9-12/h6-9,11H,5H2,1-4H3. The van der Waals surface area contributed by atoms with Crippen LogP contribution in [0, 0.1) is 6.92 Å². The molecule has 2 nitrogen and oxygen atoms in total. The SMILES string of the molecule is CCC(C)OP(C)(=O)c1ccc(C)cc1. The first kappa shape index (κ1) is 12.5. The minimum absolute atomic E-state index is 0.0436. The van der Waals surface area contributed by atoms with Crippen LogP contribution in [0.2, 0.25) is 0 Å². The van der Waals surface area contributed by atoms with Crippen molar-refractivity contribution in [3.8, 4) is 0 Å². The smallest absolute Gasteiger partial charge is 0.229 e. The Morgan fingerprint density at radius 3 is 2.33 bits per heavy atom. The van der Waals surface area contributed by atoms with E-state index in [9.17, 15) is 4.57 Å². The van der Waals surface area contributed by atoms with Gasteiger partial charge in [0.05, 0.1) is 6.10 Å². The summed E-state index contributed by atoms with van der Waals surface area (Å²) in [6.07, 6.45) is 0.922. The van der Waals surface area contributed by atoms with Gasteiger partial charge in [-0.25, -0.2) is 0 Å². The van der Waals surface area contributed by atoms with Gasteiger partial charge in [-0.3, -0.25) is 4.57 Å². The Balaban J connectivity index is 2.86. The summed E-state index contributed by atoms with van der Waals surface area (Å²) >= 11 is 0. The third-order valence-corrected chi connectivity index (χ3v) is 4.46. The van der Waals surface area contributed by atoms with Crippen LogP contribution in [0.3, 0.4) is 0 Å². The highest BCUT2D eigenvalue weighted by Crippen LogP contribution is 2.42. The molecule has 84 valence electrons. The van der Waals surface area contributed by atoms with E-state index in [0.29, 0.717) is 0 Å². The molecule has 0 saturated heterocycles. The highest BCUT2D eigenvalue weighted by Gasteiger charge is 2.21. The molecule has 0 aliphatic heterocycles. The zero-order chi connectivity index (χ0) is 11.5. The van der Waals surface area contributed by atoms with Gasteiger partial charge in [0.15, 0.2) is 0 Å². The second-order valence-corrected chi connectivity index (χ2v) is 6.42. The van der Waals surface area contributed by atoms with Crippen molar-refractivity contribution < 1.29 is 9.09 Å². The third kappa shape index (κ3) is 3.48. The lowest BCUT2D eigenvalue weighted by molar-refractivity contribution is 0.226. The molecule has 0 saturated carbocycles. The fourth-order valence-electron chi connectivity index (χ4n) is 1.29. The van der Waals surface area contributed by atoms with Crippen LogP contribution in [-0.4, -0.2) is 12.8 Å². The van der Waals surface area contributed by atoms with Crippen LogP contribution in [0.1, 0.15) is 25.8 Å². The van der Waals surface area contributed by atoms with Crippen molar-refractivity contribution in [3.05, 3.63) is 29.8 Å². The average Bonchev–Trinajstić information content (AvgIpc) is 2.17. The Bertz CT molecular complexity index is 356. The summed E-state index contributed by atoms with van der Waals surface area (Å²) in [7, 11) is -2.64. The van der Waals surface area contributed by atoms with Gasteiger partial charge in [0.25, 0.3) is 0 Å². The first-order valence-corrected chi connectivity index (χ1v) is 7.36. The molecule has 2 atom stereocenters. The normalized spacial score (nSPS) is 17.1. The maximum absolute atomic E-state index is 12.3. The molecule has 0 N–H and O–H groups in total. The summed E-state index contributed by atoms with van der Waals surface area (Å²) in [6, 6.07) is 7.70. The third-order valence-electron chi connectivity index (χ3n) is 2.46. The molecule has 15 heavy (non-hydrogen) atoms. The molecular formula is C12H19O2P. The van der Waals surface area contributed by atoms with Gasteiger partial charge in [0.2, 0.25) is 7.37 Å². The van der Waals surface area contributed by atoms with Gasteiger partial charge in [0, 0.05) is 12.0 Å². The van der Waals surface area contributed by atoms with Gasteiger partial charge in [-0.15, -0.1) is 0 Å². The van der Waals surface area contributed by atoms with Crippen LogP contribution in [0.15, 0.2) is 24.3 Å². The molecule has 2 unspecified atom stereocenters. The van der Waals surface area contributed by atoms with Crippen molar-refractivity contribution in [1.29, 1.82) is 0 Å². The van der Waals surface area contributed by atoms with E-state index >= 15 is 0 Å². The van der Waals surface area contributed by atoms with E-state index in [0.717, 1.165) is 11.7 Å². The lowest BCUT2D eigenvalue weighted by Gasteiger charge is -2.18. The molecule has 1 aromatic rings. The number of benzene rings is 1. The number of hydrogen-bond donors (Lipinski definition) is 0. The molecule has 1 rings (SSSR count). The largest absolute Gasteiger partial charge is 0.322 e. The molecule has 0 bridgehead atoms. The summed E-state index contributed by atoms with van der Waals surface area (Å²) in [5.41, 5.74) is 1.17. The van der Waals surface area contributed by atoms with E-state index in [4.69, 9.17) is 4.52 Å². The van der Waals surface area contributed by atoms with Gasteiger partial charge in [-0.05, 0) is 32.4 Å². The second kappa shape index (κ2) is 4.96. The lowest BCUT2D eigenvalue weighted by atomic mass is 10.2. The van der Waals surface area contributed by atoms with Crippen molar-refractivity contribution in [2.45, 2.75) is 33.3 Å². The molecular weight excluding hydrogens is 207 g/mol. The Morgan fingerprint density at radius 1 is 1.33 bits per heavy atom. The zero-order valence-electron chi connectivity index (χ0n) is 9.86. The van der Waals surface area contributed by atoms with Crippen LogP contribution in [0.4, 0.5) is 0 Å². The summed E-state index contributed by atoms with van der Waals surface area (Å²) in [4.78, 5) is 0. The molecule has 0 aliphatic rings. The Labute approximate surface area is 92.1 Å². The van der Waals surface area contributed by atoms with Gasteiger partial charge in [-0.1, -0.05) is 24.6 Å². The van der Waals surface area contributed by atoms with Gasteiger partial charge >= 0.3 is 0 Å². The van der Waals surface area contributed by atoms with Crippen molar-refractivity contribution in [2.75, 3.05) is 6.66 Å². The van der Waals surface area contributed by atoms with Crippen molar-refractivity contribution in [2.24, 2.45) is 0 Å². The quantitative estimate of drug-likeness (QED) is 0.736. The molecule has 0 radical (unpaired) electrons. The molecule has 1 aromatic carbocycles. The Hall–Kier alpha value is -0.590. The van der Waals surface area contributed by atoms with Crippen molar-refractivity contribution >= 4 is 12.7 Å². The first-order valence-electron chi connectivity index (χ1n) is 5.29. The maximum atomic E-state index is 12.3. The maximum Gasteiger partial charge on any atom is 0.229 e. The zero-order valence-corrected chi connectivity index (χ0v) is 10.8.